The fourth-order valence-corrected chi connectivity index (χ4v) is 3.42. The molecule has 1 fully saturated rings. The molecule has 0 radical (unpaired) electrons. The number of hydrogen-bond donors (Lipinski definition) is 2. The number of carbonyl (C=O) groups excluding carboxylic acids is 3. The summed E-state index contributed by atoms with van der Waals surface area (Å²) in [6, 6.07) is 16.0. The average molecular weight is 416 g/mol. The van der Waals surface area contributed by atoms with Crippen LogP contribution in [-0.2, 0) is 9.59 Å². The minimum absolute atomic E-state index is 0.00769. The van der Waals surface area contributed by atoms with Crippen LogP contribution in [-0.4, -0.2) is 29.1 Å². The van der Waals surface area contributed by atoms with Crippen LogP contribution in [0.2, 0.25) is 0 Å². The van der Waals surface area contributed by atoms with Gasteiger partial charge in [0, 0.05) is 5.56 Å². The minimum Gasteiger partial charge on any atom is -0.508 e. The molecule has 0 aliphatic carbocycles. The summed E-state index contributed by atoms with van der Waals surface area (Å²) < 4.78 is 5.92. The van der Waals surface area contributed by atoms with Gasteiger partial charge in [0.05, 0.1) is 11.8 Å². The molecule has 31 heavy (non-hydrogen) atoms. The number of rotatable bonds is 4. The molecule has 7 nitrogen and oxygen atoms in total. The number of carbonyl (C=O) groups is 3. The molecule has 3 aromatic rings. The monoisotopic (exact) mass is 416 g/mol. The van der Waals surface area contributed by atoms with E-state index in [1.807, 2.05) is 44.2 Å². The Bertz CT molecular complexity index is 1230. The fraction of sp³-hybridized carbons (Fsp3) is 0.125. The Labute approximate surface area is 178 Å². The summed E-state index contributed by atoms with van der Waals surface area (Å²) in [5.74, 6) is -1.03. The lowest BCUT2D eigenvalue weighted by Crippen LogP contribution is -2.54. The van der Waals surface area contributed by atoms with Gasteiger partial charge in [-0.3, -0.25) is 14.9 Å². The Morgan fingerprint density at radius 2 is 1.68 bits per heavy atom. The van der Waals surface area contributed by atoms with E-state index in [4.69, 9.17) is 4.74 Å². The third-order valence-electron chi connectivity index (χ3n) is 4.79. The van der Waals surface area contributed by atoms with Crippen molar-refractivity contribution >= 4 is 40.4 Å². The molecule has 4 rings (SSSR count). The van der Waals surface area contributed by atoms with E-state index in [1.165, 1.54) is 30.3 Å². The molecule has 0 spiro atoms. The van der Waals surface area contributed by atoms with Crippen molar-refractivity contribution < 1.29 is 24.2 Å². The van der Waals surface area contributed by atoms with Gasteiger partial charge >= 0.3 is 6.03 Å². The predicted octanol–water partition coefficient (Wildman–Crippen LogP) is 4.00. The van der Waals surface area contributed by atoms with Crippen LogP contribution in [0.4, 0.5) is 10.5 Å². The number of phenols is 1. The molecule has 1 heterocycles. The Kier molecular flexibility index (Phi) is 5.17. The van der Waals surface area contributed by atoms with Gasteiger partial charge in [0.1, 0.15) is 17.1 Å². The third-order valence-corrected chi connectivity index (χ3v) is 4.79. The standard InChI is InChI=1S/C24H20N2O5/c1-14(2)31-21-12-7-15-5-3-4-6-18(15)19(21)13-20-22(28)25-24(30)26(23(20)29)16-8-10-17(27)11-9-16/h3-14,27H,1-2H3,(H,25,28,30)/b20-13+. The van der Waals surface area contributed by atoms with E-state index in [-0.39, 0.29) is 23.1 Å². The highest BCUT2D eigenvalue weighted by Crippen LogP contribution is 2.32. The third kappa shape index (κ3) is 3.85. The van der Waals surface area contributed by atoms with Crippen LogP contribution in [0.25, 0.3) is 16.8 Å². The molecule has 0 bridgehead atoms. The van der Waals surface area contributed by atoms with Crippen molar-refractivity contribution in [3.63, 3.8) is 0 Å². The Morgan fingerprint density at radius 3 is 2.39 bits per heavy atom. The Morgan fingerprint density at radius 1 is 0.968 bits per heavy atom. The number of nitrogens with one attached hydrogen (secondary N) is 1. The summed E-state index contributed by atoms with van der Waals surface area (Å²) in [7, 11) is 0. The van der Waals surface area contributed by atoms with Gasteiger partial charge in [0.2, 0.25) is 0 Å². The van der Waals surface area contributed by atoms with Crippen molar-refractivity contribution in [2.24, 2.45) is 0 Å². The highest BCUT2D eigenvalue weighted by molar-refractivity contribution is 6.39. The van der Waals surface area contributed by atoms with Crippen molar-refractivity contribution in [1.29, 1.82) is 0 Å². The number of benzene rings is 3. The first kappa shape index (κ1) is 20.2. The molecule has 4 amide bonds. The van der Waals surface area contributed by atoms with Crippen LogP contribution in [0, 0.1) is 0 Å². The zero-order chi connectivity index (χ0) is 22.1. The van der Waals surface area contributed by atoms with Crippen molar-refractivity contribution in [3.8, 4) is 11.5 Å². The van der Waals surface area contributed by atoms with Gasteiger partial charge in [-0.2, -0.15) is 0 Å². The molecule has 0 unspecified atom stereocenters. The Hall–Kier alpha value is -4.13. The number of phenolic OH excluding ortho intramolecular Hbond substituents is 1. The summed E-state index contributed by atoms with van der Waals surface area (Å²) in [5.41, 5.74) is 0.609. The van der Waals surface area contributed by atoms with Gasteiger partial charge in [0.25, 0.3) is 11.8 Å². The predicted molar refractivity (Wildman–Crippen MR) is 117 cm³/mol. The smallest absolute Gasteiger partial charge is 0.335 e. The maximum Gasteiger partial charge on any atom is 0.335 e. The highest BCUT2D eigenvalue weighted by Gasteiger charge is 2.37. The first-order chi connectivity index (χ1) is 14.8. The number of fused-ring (bicyclic) bond motifs is 1. The average Bonchev–Trinajstić information content (AvgIpc) is 2.73. The van der Waals surface area contributed by atoms with Crippen molar-refractivity contribution in [2.45, 2.75) is 20.0 Å². The van der Waals surface area contributed by atoms with Crippen molar-refractivity contribution in [3.05, 3.63) is 71.8 Å². The van der Waals surface area contributed by atoms with Crippen LogP contribution in [0.15, 0.2) is 66.2 Å². The van der Waals surface area contributed by atoms with Gasteiger partial charge in [0.15, 0.2) is 0 Å². The van der Waals surface area contributed by atoms with E-state index in [9.17, 15) is 19.5 Å². The van der Waals surface area contributed by atoms with E-state index in [1.54, 1.807) is 6.07 Å². The molecule has 0 aromatic heterocycles. The SMILES string of the molecule is CC(C)Oc1ccc2ccccc2c1/C=C1\C(=O)NC(=O)N(c2ccc(O)cc2)C1=O. The summed E-state index contributed by atoms with van der Waals surface area (Å²) >= 11 is 0. The molecule has 1 aliphatic heterocycles. The number of nitrogens with zero attached hydrogens (tertiary/aromatic N) is 1. The summed E-state index contributed by atoms with van der Waals surface area (Å²) in [6.07, 6.45) is 1.33. The lowest BCUT2D eigenvalue weighted by Gasteiger charge is -2.26. The molecule has 1 saturated heterocycles. The van der Waals surface area contributed by atoms with E-state index in [2.05, 4.69) is 5.32 Å². The summed E-state index contributed by atoms with van der Waals surface area (Å²) in [5, 5.41) is 13.4. The molecule has 0 atom stereocenters. The minimum atomic E-state index is -0.852. The lowest BCUT2D eigenvalue weighted by atomic mass is 9.99. The second kappa shape index (κ2) is 7.95. The second-order valence-corrected chi connectivity index (χ2v) is 7.34. The molecule has 156 valence electrons. The highest BCUT2D eigenvalue weighted by atomic mass is 16.5. The number of urea groups is 1. The quantitative estimate of drug-likeness (QED) is 0.495. The maximum absolute atomic E-state index is 13.2. The molecule has 0 saturated carbocycles. The molecular formula is C24H20N2O5. The first-order valence-electron chi connectivity index (χ1n) is 9.74. The van der Waals surface area contributed by atoms with Crippen LogP contribution >= 0.6 is 0 Å². The largest absolute Gasteiger partial charge is 0.508 e. The van der Waals surface area contributed by atoms with E-state index < -0.39 is 17.8 Å². The van der Waals surface area contributed by atoms with Crippen LogP contribution in [0.1, 0.15) is 19.4 Å². The number of amides is 4. The number of aromatic hydroxyl groups is 1. The van der Waals surface area contributed by atoms with E-state index in [0.29, 0.717) is 11.3 Å². The molecular weight excluding hydrogens is 396 g/mol. The topological polar surface area (TPSA) is 95.9 Å². The zero-order valence-electron chi connectivity index (χ0n) is 17.0. The second-order valence-electron chi connectivity index (χ2n) is 7.34. The van der Waals surface area contributed by atoms with Crippen molar-refractivity contribution in [1.82, 2.24) is 5.32 Å². The Balaban J connectivity index is 1.86. The lowest BCUT2D eigenvalue weighted by molar-refractivity contribution is -0.122. The molecule has 7 heteroatoms. The fourth-order valence-electron chi connectivity index (χ4n) is 3.42. The van der Waals surface area contributed by atoms with E-state index in [0.717, 1.165) is 15.7 Å². The number of anilines is 1. The van der Waals surface area contributed by atoms with Gasteiger partial charge in [-0.1, -0.05) is 30.3 Å². The van der Waals surface area contributed by atoms with Crippen LogP contribution in [0.3, 0.4) is 0 Å². The van der Waals surface area contributed by atoms with Crippen molar-refractivity contribution in [2.75, 3.05) is 4.90 Å². The summed E-state index contributed by atoms with van der Waals surface area (Å²) in [6.45, 7) is 3.77. The van der Waals surface area contributed by atoms with Gasteiger partial charge in [-0.25, -0.2) is 9.69 Å². The van der Waals surface area contributed by atoms with Gasteiger partial charge in [-0.15, -0.1) is 0 Å². The van der Waals surface area contributed by atoms with Crippen LogP contribution in [0.5, 0.6) is 11.5 Å². The van der Waals surface area contributed by atoms with Crippen LogP contribution < -0.4 is 15.0 Å². The molecule has 3 aromatic carbocycles. The van der Waals surface area contributed by atoms with Gasteiger partial charge in [-0.05, 0) is 61.0 Å². The zero-order valence-corrected chi connectivity index (χ0v) is 17.0. The van der Waals surface area contributed by atoms with E-state index >= 15 is 0 Å². The first-order valence-corrected chi connectivity index (χ1v) is 9.74. The number of hydrogen-bond acceptors (Lipinski definition) is 5. The van der Waals surface area contributed by atoms with Gasteiger partial charge < -0.3 is 9.84 Å². The number of barbiturate groups is 1. The summed E-state index contributed by atoms with van der Waals surface area (Å²) in [4.78, 5) is 39.0. The number of ether oxygens (including phenoxy) is 1. The molecule has 1 aliphatic rings. The number of imide groups is 2. The molecule has 2 N–H and O–H groups in total. The normalized spacial score (nSPS) is 15.6. The maximum atomic E-state index is 13.2.